The number of hydrogen-bond donors (Lipinski definition) is 1. The van der Waals surface area contributed by atoms with Gasteiger partial charge in [-0.05, 0) is 51.0 Å². The van der Waals surface area contributed by atoms with Gasteiger partial charge in [-0.25, -0.2) is 0 Å². The third kappa shape index (κ3) is 3.43. The first-order valence-corrected chi connectivity index (χ1v) is 8.50. The van der Waals surface area contributed by atoms with Gasteiger partial charge in [-0.2, -0.15) is 5.10 Å². The van der Waals surface area contributed by atoms with Crippen LogP contribution in [-0.4, -0.2) is 44.3 Å². The Balaban J connectivity index is 1.71. The molecule has 1 aromatic carbocycles. The van der Waals surface area contributed by atoms with Crippen molar-refractivity contribution in [1.82, 2.24) is 14.7 Å². The van der Waals surface area contributed by atoms with Crippen LogP contribution in [0, 0.1) is 19.8 Å². The molecule has 6 heteroatoms. The van der Waals surface area contributed by atoms with E-state index in [4.69, 9.17) is 0 Å². The van der Waals surface area contributed by atoms with Crippen LogP contribution in [-0.2, 0) is 11.3 Å². The Kier molecular flexibility index (Phi) is 4.61. The maximum Gasteiger partial charge on any atom is 0.308 e. The third-order valence-electron chi connectivity index (χ3n) is 4.97. The summed E-state index contributed by atoms with van der Waals surface area (Å²) >= 11 is 0. The molecule has 1 aliphatic rings. The molecule has 2 unspecified atom stereocenters. The van der Waals surface area contributed by atoms with Crippen LogP contribution in [0.1, 0.15) is 40.7 Å². The molecule has 1 N–H and O–H groups in total. The molecule has 1 aliphatic heterocycles. The number of aryl methyl sites for hydroxylation is 2. The molecule has 2 atom stereocenters. The molecule has 25 heavy (non-hydrogen) atoms. The Morgan fingerprint density at radius 1 is 1.24 bits per heavy atom. The molecule has 0 saturated carbocycles. The Labute approximate surface area is 147 Å². The molecular weight excluding hydrogens is 318 g/mol. The van der Waals surface area contributed by atoms with Crippen molar-refractivity contribution in [2.24, 2.45) is 5.92 Å². The highest BCUT2D eigenvalue weighted by molar-refractivity contribution is 5.95. The zero-order chi connectivity index (χ0) is 18.1. The topological polar surface area (TPSA) is 75.4 Å². The molecule has 6 nitrogen and oxygen atoms in total. The van der Waals surface area contributed by atoms with Crippen LogP contribution in [0.4, 0.5) is 0 Å². The number of amides is 1. The quantitative estimate of drug-likeness (QED) is 0.927. The number of aromatic nitrogens is 2. The number of carbonyl (C=O) groups is 2. The molecule has 132 valence electrons. The number of nitrogens with zero attached hydrogens (tertiary/aromatic N) is 3. The summed E-state index contributed by atoms with van der Waals surface area (Å²) in [5.74, 6) is -1.41. The molecule has 0 spiro atoms. The minimum absolute atomic E-state index is 0.103. The molecule has 0 aliphatic carbocycles. The zero-order valence-electron chi connectivity index (χ0n) is 14.8. The van der Waals surface area contributed by atoms with Gasteiger partial charge >= 0.3 is 5.97 Å². The number of hydrogen-bond acceptors (Lipinski definition) is 3. The zero-order valence-corrected chi connectivity index (χ0v) is 14.8. The molecule has 1 amide bonds. The summed E-state index contributed by atoms with van der Waals surface area (Å²) in [6, 6.07) is 9.23. The lowest BCUT2D eigenvalue weighted by molar-refractivity contribution is -0.142. The van der Waals surface area contributed by atoms with Crippen LogP contribution in [0.2, 0.25) is 0 Å². The second-order valence-electron chi connectivity index (χ2n) is 6.75. The summed E-state index contributed by atoms with van der Waals surface area (Å²) < 4.78 is 1.94. The Morgan fingerprint density at radius 3 is 2.44 bits per heavy atom. The predicted molar refractivity (Wildman–Crippen MR) is 93.5 cm³/mol. The van der Waals surface area contributed by atoms with Crippen molar-refractivity contribution in [2.45, 2.75) is 39.8 Å². The predicted octanol–water partition coefficient (Wildman–Crippen LogP) is 2.48. The first-order valence-electron chi connectivity index (χ1n) is 8.50. The van der Waals surface area contributed by atoms with Gasteiger partial charge in [0.1, 0.15) is 0 Å². The van der Waals surface area contributed by atoms with Gasteiger partial charge < -0.3 is 10.0 Å². The van der Waals surface area contributed by atoms with E-state index in [-0.39, 0.29) is 11.9 Å². The number of carboxylic acid groups (broad SMARTS) is 1. The van der Waals surface area contributed by atoms with Gasteiger partial charge in [0.25, 0.3) is 5.91 Å². The van der Waals surface area contributed by atoms with E-state index in [2.05, 4.69) is 5.10 Å². The summed E-state index contributed by atoms with van der Waals surface area (Å²) in [6.45, 7) is 6.94. The fourth-order valence-electron chi connectivity index (χ4n) is 3.48. The molecule has 1 saturated heterocycles. The number of carboxylic acids is 1. The second-order valence-corrected chi connectivity index (χ2v) is 6.75. The lowest BCUT2D eigenvalue weighted by atomic mass is 10.0. The Bertz CT molecular complexity index is 795. The lowest BCUT2D eigenvalue weighted by Crippen LogP contribution is -2.37. The van der Waals surface area contributed by atoms with Gasteiger partial charge in [0, 0.05) is 23.8 Å². The molecule has 0 radical (unpaired) electrons. The highest BCUT2D eigenvalue weighted by Gasteiger charge is 2.38. The minimum atomic E-state index is -0.831. The average Bonchev–Trinajstić information content (AvgIpc) is 3.10. The van der Waals surface area contributed by atoms with Crippen molar-refractivity contribution < 1.29 is 14.7 Å². The van der Waals surface area contributed by atoms with Gasteiger partial charge in [0.15, 0.2) is 0 Å². The van der Waals surface area contributed by atoms with E-state index in [0.29, 0.717) is 25.1 Å². The molecular formula is C19H23N3O3. The monoisotopic (exact) mass is 341 g/mol. The first kappa shape index (κ1) is 17.2. The lowest BCUT2D eigenvalue weighted by Gasteiger charge is -2.23. The van der Waals surface area contributed by atoms with Gasteiger partial charge in [-0.1, -0.05) is 12.1 Å². The maximum absolute atomic E-state index is 12.7. The average molecular weight is 341 g/mol. The fraction of sp³-hybridized carbons (Fsp3) is 0.421. The maximum atomic E-state index is 12.7. The normalized spacial score (nSPS) is 20.0. The Morgan fingerprint density at radius 2 is 1.92 bits per heavy atom. The fourth-order valence-corrected chi connectivity index (χ4v) is 3.48. The minimum Gasteiger partial charge on any atom is -0.481 e. The van der Waals surface area contributed by atoms with Gasteiger partial charge in [-0.15, -0.1) is 0 Å². The molecule has 2 heterocycles. The van der Waals surface area contributed by atoms with Gasteiger partial charge in [0.05, 0.1) is 18.2 Å². The second kappa shape index (κ2) is 6.70. The highest BCUT2D eigenvalue weighted by atomic mass is 16.4. The van der Waals surface area contributed by atoms with E-state index in [1.54, 1.807) is 11.8 Å². The standard InChI is InChI=1S/C19H23N3O3/c1-12-10-13(2)22(20-12)11-15-4-6-16(7-5-15)18(23)21-9-8-17(14(21)3)19(24)25/h4-7,10,14,17H,8-9,11H2,1-3H3,(H,24,25). The highest BCUT2D eigenvalue weighted by Crippen LogP contribution is 2.26. The van der Waals surface area contributed by atoms with E-state index in [0.717, 1.165) is 17.0 Å². The molecule has 1 fully saturated rings. The first-order chi connectivity index (χ1) is 11.9. The van der Waals surface area contributed by atoms with Gasteiger partial charge in [0.2, 0.25) is 0 Å². The summed E-state index contributed by atoms with van der Waals surface area (Å²) in [5.41, 5.74) is 3.75. The van der Waals surface area contributed by atoms with Crippen molar-refractivity contribution in [3.63, 3.8) is 0 Å². The van der Waals surface area contributed by atoms with Crippen LogP contribution >= 0.6 is 0 Å². The summed E-state index contributed by atoms with van der Waals surface area (Å²) in [7, 11) is 0. The Hall–Kier alpha value is -2.63. The molecule has 1 aromatic heterocycles. The number of carbonyl (C=O) groups excluding carboxylic acids is 1. The van der Waals surface area contributed by atoms with Crippen molar-refractivity contribution in [3.8, 4) is 0 Å². The van der Waals surface area contributed by atoms with Crippen molar-refractivity contribution in [2.75, 3.05) is 6.54 Å². The van der Waals surface area contributed by atoms with E-state index in [9.17, 15) is 14.7 Å². The van der Waals surface area contributed by atoms with Crippen LogP contribution < -0.4 is 0 Å². The van der Waals surface area contributed by atoms with E-state index in [1.165, 1.54) is 0 Å². The largest absolute Gasteiger partial charge is 0.481 e. The van der Waals surface area contributed by atoms with Crippen molar-refractivity contribution in [3.05, 3.63) is 52.8 Å². The number of aliphatic carboxylic acids is 1. The molecule has 2 aromatic rings. The van der Waals surface area contributed by atoms with E-state index >= 15 is 0 Å². The number of rotatable bonds is 4. The summed E-state index contributed by atoms with van der Waals surface area (Å²) in [4.78, 5) is 25.5. The number of benzene rings is 1. The van der Waals surface area contributed by atoms with Crippen molar-refractivity contribution >= 4 is 11.9 Å². The molecule has 0 bridgehead atoms. The van der Waals surface area contributed by atoms with Crippen LogP contribution in [0.3, 0.4) is 0 Å². The SMILES string of the molecule is Cc1cc(C)n(Cc2ccc(C(=O)N3CCC(C(=O)O)C3C)cc2)n1. The van der Waals surface area contributed by atoms with E-state index in [1.807, 2.05) is 48.9 Å². The van der Waals surface area contributed by atoms with Crippen LogP contribution in [0.25, 0.3) is 0 Å². The summed E-state index contributed by atoms with van der Waals surface area (Å²) in [5, 5.41) is 13.7. The van der Waals surface area contributed by atoms with Crippen LogP contribution in [0.15, 0.2) is 30.3 Å². The molecule has 3 rings (SSSR count). The van der Waals surface area contributed by atoms with Crippen LogP contribution in [0.5, 0.6) is 0 Å². The smallest absolute Gasteiger partial charge is 0.308 e. The summed E-state index contributed by atoms with van der Waals surface area (Å²) in [6.07, 6.45) is 0.512. The third-order valence-corrected chi connectivity index (χ3v) is 4.97. The van der Waals surface area contributed by atoms with Crippen molar-refractivity contribution in [1.29, 1.82) is 0 Å². The van der Waals surface area contributed by atoms with Gasteiger partial charge in [-0.3, -0.25) is 14.3 Å². The van der Waals surface area contributed by atoms with E-state index < -0.39 is 11.9 Å². The number of likely N-dealkylation sites (tertiary alicyclic amines) is 1.